The lowest BCUT2D eigenvalue weighted by Gasteiger charge is -2.02. The van der Waals surface area contributed by atoms with Crippen molar-refractivity contribution < 1.29 is 0 Å². The van der Waals surface area contributed by atoms with E-state index in [0.717, 1.165) is 21.8 Å². The molecule has 0 radical (unpaired) electrons. The Balaban J connectivity index is 1.99. The Morgan fingerprint density at radius 1 is 1.14 bits per heavy atom. The van der Waals surface area contributed by atoms with Crippen molar-refractivity contribution in [2.24, 2.45) is 5.84 Å². The molecule has 0 aliphatic rings. The maximum Gasteiger partial charge on any atom is 0.140 e. The molecule has 0 atom stereocenters. The van der Waals surface area contributed by atoms with Crippen LogP contribution in [-0.2, 0) is 0 Å². The lowest BCUT2D eigenvalue weighted by Crippen LogP contribution is -2.08. The Kier molecular flexibility index (Phi) is 4.07. The van der Waals surface area contributed by atoms with Crippen LogP contribution in [0.1, 0.15) is 0 Å². The summed E-state index contributed by atoms with van der Waals surface area (Å²) in [6.45, 7) is 0. The first-order valence-electron chi connectivity index (χ1n) is 6.01. The third kappa shape index (κ3) is 3.01. The molecule has 3 rings (SSSR count). The zero-order valence-corrected chi connectivity index (χ0v) is 13.0. The molecule has 3 aromatic rings. The van der Waals surface area contributed by atoms with E-state index in [1.54, 1.807) is 18.3 Å². The van der Waals surface area contributed by atoms with Crippen LogP contribution in [-0.4, -0.2) is 9.97 Å². The summed E-state index contributed by atoms with van der Waals surface area (Å²) in [6, 6.07) is 9.09. The van der Waals surface area contributed by atoms with Crippen LogP contribution in [0.15, 0.2) is 41.9 Å². The predicted molar refractivity (Wildman–Crippen MR) is 88.6 cm³/mol. The molecule has 0 bridgehead atoms. The summed E-state index contributed by atoms with van der Waals surface area (Å²) in [4.78, 5) is 8.69. The molecule has 0 amide bonds. The molecule has 3 N–H and O–H groups in total. The highest BCUT2D eigenvalue weighted by Crippen LogP contribution is 2.34. The molecule has 0 unspecified atom stereocenters. The van der Waals surface area contributed by atoms with Crippen molar-refractivity contribution in [2.45, 2.75) is 0 Å². The topological polar surface area (TPSA) is 63.8 Å². The minimum Gasteiger partial charge on any atom is -0.308 e. The fraction of sp³-hybridized carbons (Fsp3) is 0. The Labute approximate surface area is 135 Å². The monoisotopic (exact) mass is 336 g/mol. The van der Waals surface area contributed by atoms with Crippen LogP contribution in [0, 0.1) is 0 Å². The maximum absolute atomic E-state index is 6.21. The second kappa shape index (κ2) is 5.99. The number of nitrogens with zero attached hydrogens (tertiary/aromatic N) is 2. The predicted octanol–water partition coefficient (Wildman–Crippen LogP) is 4.46. The summed E-state index contributed by atoms with van der Waals surface area (Å²) in [7, 11) is 0. The maximum atomic E-state index is 6.21. The quantitative estimate of drug-likeness (QED) is 0.547. The van der Waals surface area contributed by atoms with E-state index in [2.05, 4.69) is 15.4 Å². The van der Waals surface area contributed by atoms with Crippen LogP contribution in [0.2, 0.25) is 10.0 Å². The molecule has 1 aromatic carbocycles. The van der Waals surface area contributed by atoms with Crippen LogP contribution in [0.5, 0.6) is 0 Å². The normalized spacial score (nSPS) is 10.6. The van der Waals surface area contributed by atoms with Crippen LogP contribution >= 0.6 is 34.5 Å². The van der Waals surface area contributed by atoms with Gasteiger partial charge in [-0.25, -0.2) is 15.8 Å². The van der Waals surface area contributed by atoms with Gasteiger partial charge in [-0.3, -0.25) is 0 Å². The Morgan fingerprint density at radius 3 is 2.76 bits per heavy atom. The van der Waals surface area contributed by atoms with Gasteiger partial charge in [0.05, 0.1) is 10.7 Å². The van der Waals surface area contributed by atoms with Gasteiger partial charge < -0.3 is 5.43 Å². The van der Waals surface area contributed by atoms with Gasteiger partial charge in [0.25, 0.3) is 0 Å². The molecule has 0 spiro atoms. The third-order valence-corrected chi connectivity index (χ3v) is 4.31. The molecule has 7 heteroatoms. The zero-order chi connectivity index (χ0) is 14.8. The first kappa shape index (κ1) is 14.3. The average molecular weight is 337 g/mol. The van der Waals surface area contributed by atoms with E-state index in [4.69, 9.17) is 29.0 Å². The lowest BCUT2D eigenvalue weighted by molar-refractivity contribution is 1.23. The number of hydrogen-bond donors (Lipinski definition) is 2. The minimum atomic E-state index is 0.582. The first-order valence-corrected chi connectivity index (χ1v) is 7.65. The molecular weight excluding hydrogens is 327 g/mol. The SMILES string of the molecule is NNc1cc(-c2nc(-c3ccc(Cl)cc3Cl)cs2)ccn1. The van der Waals surface area contributed by atoms with Crippen molar-refractivity contribution in [1.82, 2.24) is 9.97 Å². The molecule has 21 heavy (non-hydrogen) atoms. The molecule has 4 nitrogen and oxygen atoms in total. The van der Waals surface area contributed by atoms with Gasteiger partial charge in [-0.05, 0) is 30.3 Å². The van der Waals surface area contributed by atoms with E-state index >= 15 is 0 Å². The molecule has 2 aromatic heterocycles. The largest absolute Gasteiger partial charge is 0.308 e. The van der Waals surface area contributed by atoms with Crippen molar-refractivity contribution >= 4 is 40.4 Å². The van der Waals surface area contributed by atoms with E-state index in [9.17, 15) is 0 Å². The number of rotatable bonds is 3. The third-order valence-electron chi connectivity index (χ3n) is 2.87. The van der Waals surface area contributed by atoms with Gasteiger partial charge in [-0.15, -0.1) is 11.3 Å². The molecule has 0 fully saturated rings. The number of aromatic nitrogens is 2. The first-order chi connectivity index (χ1) is 10.2. The second-order valence-corrected chi connectivity index (χ2v) is 5.94. The smallest absolute Gasteiger partial charge is 0.140 e. The van der Waals surface area contributed by atoms with Crippen molar-refractivity contribution in [3.8, 4) is 21.8 Å². The van der Waals surface area contributed by atoms with E-state index < -0.39 is 0 Å². The average Bonchev–Trinajstić information content (AvgIpc) is 2.97. The van der Waals surface area contributed by atoms with Gasteiger partial charge in [0.15, 0.2) is 0 Å². The number of nitrogen functional groups attached to an aromatic ring is 1. The number of thiazole rings is 1. The van der Waals surface area contributed by atoms with E-state index in [1.165, 1.54) is 11.3 Å². The highest BCUT2D eigenvalue weighted by molar-refractivity contribution is 7.13. The number of benzene rings is 1. The van der Waals surface area contributed by atoms with Gasteiger partial charge in [0.2, 0.25) is 0 Å². The van der Waals surface area contributed by atoms with Crippen LogP contribution < -0.4 is 11.3 Å². The number of hydrogen-bond acceptors (Lipinski definition) is 5. The number of nitrogens with one attached hydrogen (secondary N) is 1. The zero-order valence-electron chi connectivity index (χ0n) is 10.7. The fourth-order valence-electron chi connectivity index (χ4n) is 1.87. The molecule has 106 valence electrons. The summed E-state index contributed by atoms with van der Waals surface area (Å²) >= 11 is 13.7. The molecule has 0 aliphatic heterocycles. The summed E-state index contributed by atoms with van der Waals surface area (Å²) < 4.78 is 0. The summed E-state index contributed by atoms with van der Waals surface area (Å²) in [6.07, 6.45) is 1.68. The Morgan fingerprint density at radius 2 is 2.00 bits per heavy atom. The summed E-state index contributed by atoms with van der Waals surface area (Å²) in [5, 5.41) is 4.01. The van der Waals surface area contributed by atoms with Crippen LogP contribution in [0.3, 0.4) is 0 Å². The second-order valence-electron chi connectivity index (χ2n) is 4.24. The summed E-state index contributed by atoms with van der Waals surface area (Å²) in [5.41, 5.74) is 5.14. The number of nitrogens with two attached hydrogens (primary N) is 1. The van der Waals surface area contributed by atoms with Gasteiger partial charge >= 0.3 is 0 Å². The van der Waals surface area contributed by atoms with Gasteiger partial charge in [-0.1, -0.05) is 23.2 Å². The van der Waals surface area contributed by atoms with Crippen LogP contribution in [0.25, 0.3) is 21.8 Å². The van der Waals surface area contributed by atoms with E-state index in [0.29, 0.717) is 15.9 Å². The van der Waals surface area contributed by atoms with Gasteiger partial charge in [-0.2, -0.15) is 0 Å². The Bertz CT molecular complexity index is 788. The number of pyridine rings is 1. The highest BCUT2D eigenvalue weighted by atomic mass is 35.5. The molecule has 2 heterocycles. The minimum absolute atomic E-state index is 0.582. The Hall–Kier alpha value is -1.66. The highest BCUT2D eigenvalue weighted by Gasteiger charge is 2.10. The standard InChI is InChI=1S/C14H10Cl2N4S/c15-9-1-2-10(11(16)6-9)12-7-21-14(19-12)8-3-4-18-13(5-8)20-17/h1-7H,17H2,(H,18,20). The summed E-state index contributed by atoms with van der Waals surface area (Å²) in [5.74, 6) is 5.96. The molecule has 0 aliphatic carbocycles. The molecule has 0 saturated carbocycles. The van der Waals surface area contributed by atoms with Gasteiger partial charge in [0.1, 0.15) is 10.8 Å². The number of hydrazine groups is 1. The van der Waals surface area contributed by atoms with Gasteiger partial charge in [0, 0.05) is 27.7 Å². The lowest BCUT2D eigenvalue weighted by atomic mass is 10.2. The van der Waals surface area contributed by atoms with E-state index in [1.807, 2.05) is 23.6 Å². The number of halogens is 2. The molecular formula is C14H10Cl2N4S. The molecule has 0 saturated heterocycles. The van der Waals surface area contributed by atoms with Crippen molar-refractivity contribution in [1.29, 1.82) is 0 Å². The van der Waals surface area contributed by atoms with Crippen LogP contribution in [0.4, 0.5) is 5.82 Å². The fourth-order valence-corrected chi connectivity index (χ4v) is 3.19. The van der Waals surface area contributed by atoms with Crippen molar-refractivity contribution in [2.75, 3.05) is 5.43 Å². The van der Waals surface area contributed by atoms with E-state index in [-0.39, 0.29) is 0 Å². The van der Waals surface area contributed by atoms with Crippen molar-refractivity contribution in [3.63, 3.8) is 0 Å². The number of anilines is 1. The van der Waals surface area contributed by atoms with Crippen molar-refractivity contribution in [3.05, 3.63) is 52.0 Å².